The van der Waals surface area contributed by atoms with Crippen LogP contribution in [-0.2, 0) is 25.1 Å². The lowest BCUT2D eigenvalue weighted by molar-refractivity contribution is -0.145. The molecule has 150 valence electrons. The molecule has 0 aliphatic carbocycles. The van der Waals surface area contributed by atoms with Gasteiger partial charge in [-0.3, -0.25) is 9.00 Å². The molecule has 0 saturated carbocycles. The Hall–Kier alpha value is -1.30. The normalized spacial score (nSPS) is 19.0. The molecule has 0 bridgehead atoms. The van der Waals surface area contributed by atoms with Crippen LogP contribution in [0.3, 0.4) is 0 Å². The maximum Gasteiger partial charge on any atom is 0.166 e. The molecule has 4 nitrogen and oxygen atoms in total. The Balaban J connectivity index is 1.83. The van der Waals surface area contributed by atoms with Crippen molar-refractivity contribution in [1.82, 2.24) is 0 Å². The number of hydrogen-bond donors (Lipinski definition) is 0. The van der Waals surface area contributed by atoms with Crippen LogP contribution >= 0.6 is 0 Å². The molecule has 2 atom stereocenters. The van der Waals surface area contributed by atoms with Crippen molar-refractivity contribution in [2.45, 2.75) is 75.7 Å². The van der Waals surface area contributed by atoms with Gasteiger partial charge in [0.2, 0.25) is 0 Å². The van der Waals surface area contributed by atoms with Crippen LogP contribution in [0.2, 0.25) is 0 Å². The van der Waals surface area contributed by atoms with Crippen LogP contribution in [0, 0.1) is 6.92 Å². The Kier molecular flexibility index (Phi) is 8.39. The highest BCUT2D eigenvalue weighted by atomic mass is 32.2. The smallest absolute Gasteiger partial charge is 0.166 e. The number of benzene rings is 1. The summed E-state index contributed by atoms with van der Waals surface area (Å²) in [5.74, 6) is -0.385. The van der Waals surface area contributed by atoms with Crippen LogP contribution in [0.4, 0.5) is 0 Å². The minimum absolute atomic E-state index is 0.0820. The lowest BCUT2D eigenvalue weighted by Gasteiger charge is -2.21. The molecule has 1 aromatic rings. The first-order chi connectivity index (χ1) is 12.8. The number of rotatable bonds is 10. The third kappa shape index (κ3) is 6.66. The van der Waals surface area contributed by atoms with Gasteiger partial charge >= 0.3 is 0 Å². The van der Waals surface area contributed by atoms with E-state index in [4.69, 9.17) is 9.47 Å². The van der Waals surface area contributed by atoms with Crippen molar-refractivity contribution in [1.29, 1.82) is 0 Å². The first-order valence-electron chi connectivity index (χ1n) is 9.78. The highest BCUT2D eigenvalue weighted by Crippen LogP contribution is 2.25. The number of aryl methyl sites for hydroxylation is 1. The van der Waals surface area contributed by atoms with Crippen LogP contribution in [0.1, 0.15) is 58.4 Å². The molecule has 0 aromatic heterocycles. The van der Waals surface area contributed by atoms with Crippen molar-refractivity contribution in [2.75, 3.05) is 13.2 Å². The fourth-order valence-corrected chi connectivity index (χ4v) is 4.59. The first-order valence-corrected chi connectivity index (χ1v) is 11.0. The largest absolute Gasteiger partial charge is 0.348 e. The van der Waals surface area contributed by atoms with Gasteiger partial charge in [0.1, 0.15) is 5.78 Å². The molecule has 27 heavy (non-hydrogen) atoms. The van der Waals surface area contributed by atoms with Gasteiger partial charge in [0, 0.05) is 17.7 Å². The number of ketones is 1. The summed E-state index contributed by atoms with van der Waals surface area (Å²) in [5.41, 5.74) is 2.30. The minimum atomic E-state index is -1.29. The number of ether oxygens (including phenoxy) is 2. The zero-order chi connectivity index (χ0) is 19.9. The van der Waals surface area contributed by atoms with Gasteiger partial charge in [-0.25, -0.2) is 0 Å². The Morgan fingerprint density at radius 3 is 2.44 bits per heavy atom. The van der Waals surface area contributed by atoms with Gasteiger partial charge in [-0.05, 0) is 52.2 Å². The number of hydrogen-bond acceptors (Lipinski definition) is 4. The summed E-state index contributed by atoms with van der Waals surface area (Å²) in [7, 11) is -1.29. The third-order valence-corrected chi connectivity index (χ3v) is 6.85. The van der Waals surface area contributed by atoms with Gasteiger partial charge in [-0.2, -0.15) is 0 Å². The SMILES string of the molecule is CCC(C(=O)CC/C(C)=C/CCC1(C)OCCO1)[S@@](=O)c1ccc(C)cc1. The van der Waals surface area contributed by atoms with Crippen LogP contribution in [0.5, 0.6) is 0 Å². The van der Waals surface area contributed by atoms with Crippen molar-refractivity contribution >= 4 is 16.6 Å². The molecule has 0 radical (unpaired) electrons. The van der Waals surface area contributed by atoms with Crippen LogP contribution in [0.15, 0.2) is 40.8 Å². The van der Waals surface area contributed by atoms with E-state index < -0.39 is 21.8 Å². The van der Waals surface area contributed by atoms with E-state index in [1.807, 2.05) is 52.0 Å². The summed E-state index contributed by atoms with van der Waals surface area (Å²) < 4.78 is 24.0. The van der Waals surface area contributed by atoms with Crippen molar-refractivity contribution in [3.63, 3.8) is 0 Å². The maximum absolute atomic E-state index is 12.8. The van der Waals surface area contributed by atoms with Gasteiger partial charge in [-0.1, -0.05) is 36.3 Å². The Morgan fingerprint density at radius 2 is 1.85 bits per heavy atom. The molecule has 1 heterocycles. The van der Waals surface area contributed by atoms with E-state index in [1.165, 1.54) is 5.57 Å². The fraction of sp³-hybridized carbons (Fsp3) is 0.591. The zero-order valence-electron chi connectivity index (χ0n) is 17.0. The van der Waals surface area contributed by atoms with Crippen LogP contribution in [-0.4, -0.2) is 34.2 Å². The van der Waals surface area contributed by atoms with E-state index in [-0.39, 0.29) is 5.78 Å². The molecular weight excluding hydrogens is 360 g/mol. The van der Waals surface area contributed by atoms with E-state index in [1.54, 1.807) is 0 Å². The van der Waals surface area contributed by atoms with E-state index >= 15 is 0 Å². The molecule has 0 amide bonds. The average molecular weight is 393 g/mol. The Labute approximate surface area is 165 Å². The second kappa shape index (κ2) is 10.3. The van der Waals surface area contributed by atoms with Crippen molar-refractivity contribution in [3.8, 4) is 0 Å². The van der Waals surface area contributed by atoms with Gasteiger partial charge in [0.05, 0.1) is 29.3 Å². The molecule has 1 aliphatic heterocycles. The predicted octanol–water partition coefficient (Wildman–Crippen LogP) is 4.72. The van der Waals surface area contributed by atoms with Crippen LogP contribution < -0.4 is 0 Å². The highest BCUT2D eigenvalue weighted by molar-refractivity contribution is 7.86. The van der Waals surface area contributed by atoms with Crippen molar-refractivity contribution in [3.05, 3.63) is 41.5 Å². The standard InChI is InChI=1S/C22H32O4S/c1-5-21(27(24)19-11-8-18(3)9-12-19)20(23)13-10-17(2)7-6-14-22(4)25-15-16-26-22/h7-9,11-12,21H,5-6,10,13-16H2,1-4H3/b17-7+/t21?,27-/m0/s1. The van der Waals surface area contributed by atoms with E-state index in [2.05, 4.69) is 6.08 Å². The summed E-state index contributed by atoms with van der Waals surface area (Å²) in [4.78, 5) is 13.4. The number of allylic oxidation sites excluding steroid dienone is 2. The number of carbonyl (C=O) groups is 1. The minimum Gasteiger partial charge on any atom is -0.348 e. The van der Waals surface area contributed by atoms with Crippen molar-refractivity contribution < 1.29 is 18.5 Å². The number of carbonyl (C=O) groups excluding carboxylic acids is 1. The lowest BCUT2D eigenvalue weighted by Crippen LogP contribution is -2.25. The zero-order valence-corrected chi connectivity index (χ0v) is 17.8. The van der Waals surface area contributed by atoms with Crippen molar-refractivity contribution in [2.24, 2.45) is 0 Å². The summed E-state index contributed by atoms with van der Waals surface area (Å²) in [5, 5.41) is -0.431. The summed E-state index contributed by atoms with van der Waals surface area (Å²) in [6, 6.07) is 7.60. The molecule has 1 aliphatic rings. The lowest BCUT2D eigenvalue weighted by atomic mass is 10.0. The second-order valence-corrected chi connectivity index (χ2v) is 9.03. The molecule has 1 unspecified atom stereocenters. The highest BCUT2D eigenvalue weighted by Gasteiger charge is 2.29. The molecule has 5 heteroatoms. The molecule has 0 N–H and O–H groups in total. The van der Waals surface area contributed by atoms with Gasteiger partial charge in [0.25, 0.3) is 0 Å². The summed E-state index contributed by atoms with van der Waals surface area (Å²) in [6.45, 7) is 9.26. The summed E-state index contributed by atoms with van der Waals surface area (Å²) >= 11 is 0. The van der Waals surface area contributed by atoms with Crippen LogP contribution in [0.25, 0.3) is 0 Å². The Morgan fingerprint density at radius 1 is 1.22 bits per heavy atom. The van der Waals surface area contributed by atoms with Gasteiger partial charge in [0.15, 0.2) is 5.79 Å². The fourth-order valence-electron chi connectivity index (χ4n) is 3.20. The van der Waals surface area contributed by atoms with E-state index in [9.17, 15) is 9.00 Å². The summed E-state index contributed by atoms with van der Waals surface area (Å²) in [6.07, 6.45) is 5.56. The van der Waals surface area contributed by atoms with Gasteiger partial charge in [-0.15, -0.1) is 0 Å². The third-order valence-electron chi connectivity index (χ3n) is 5.00. The topological polar surface area (TPSA) is 52.6 Å². The average Bonchev–Trinajstić information content (AvgIpc) is 3.07. The second-order valence-electron chi connectivity index (χ2n) is 7.39. The Bertz CT molecular complexity index is 672. The molecule has 1 saturated heterocycles. The predicted molar refractivity (Wildman–Crippen MR) is 109 cm³/mol. The molecule has 1 aromatic carbocycles. The maximum atomic E-state index is 12.8. The van der Waals surface area contributed by atoms with E-state index in [0.717, 1.165) is 23.3 Å². The van der Waals surface area contributed by atoms with Gasteiger partial charge < -0.3 is 9.47 Å². The molecule has 1 fully saturated rings. The first kappa shape index (κ1) is 22.0. The molecular formula is C22H32O4S. The van der Waals surface area contributed by atoms with E-state index in [0.29, 0.717) is 32.5 Å². The molecule has 2 rings (SSSR count). The monoisotopic (exact) mass is 392 g/mol. The number of Topliss-reactive ketones (excluding diaryl/α,β-unsaturated/α-hetero) is 1. The molecule has 0 spiro atoms. The quantitative estimate of drug-likeness (QED) is 0.541.